The van der Waals surface area contributed by atoms with Crippen LogP contribution in [-0.4, -0.2) is 39.6 Å². The number of hydrogen-bond acceptors (Lipinski definition) is 5. The predicted octanol–water partition coefficient (Wildman–Crippen LogP) is 2.22. The van der Waals surface area contributed by atoms with Gasteiger partial charge in [-0.2, -0.15) is 0 Å². The number of amides is 1. The van der Waals surface area contributed by atoms with Crippen molar-refractivity contribution in [1.29, 1.82) is 0 Å². The van der Waals surface area contributed by atoms with Crippen LogP contribution in [0.4, 0.5) is 0 Å². The number of nitrogens with zero attached hydrogens (tertiary/aromatic N) is 3. The van der Waals surface area contributed by atoms with Gasteiger partial charge in [0.2, 0.25) is 5.91 Å². The van der Waals surface area contributed by atoms with Crippen molar-refractivity contribution in [1.82, 2.24) is 19.9 Å². The smallest absolute Gasteiger partial charge is 0.328 e. The molecule has 0 saturated heterocycles. The van der Waals surface area contributed by atoms with Crippen LogP contribution in [0.3, 0.4) is 0 Å². The molecule has 2 rings (SSSR count). The third-order valence-corrected chi connectivity index (χ3v) is 4.05. The maximum Gasteiger partial charge on any atom is 0.328 e. The van der Waals surface area contributed by atoms with Crippen molar-refractivity contribution < 1.29 is 14.3 Å². The topological polar surface area (TPSA) is 86.1 Å². The summed E-state index contributed by atoms with van der Waals surface area (Å²) < 4.78 is 6.85. The van der Waals surface area contributed by atoms with Crippen LogP contribution in [0.1, 0.15) is 38.9 Å². The number of aromatic nitrogens is 3. The zero-order valence-corrected chi connectivity index (χ0v) is 15.3. The minimum absolute atomic E-state index is 0.139. The van der Waals surface area contributed by atoms with Crippen molar-refractivity contribution in [2.75, 3.05) is 7.11 Å². The zero-order valence-electron chi connectivity index (χ0n) is 15.3. The maximum atomic E-state index is 12.2. The Bertz CT molecular complexity index is 739. The fraction of sp³-hybridized carbons (Fsp3) is 0.556. The molecule has 7 nitrogen and oxygen atoms in total. The van der Waals surface area contributed by atoms with Crippen LogP contribution in [0.2, 0.25) is 0 Å². The van der Waals surface area contributed by atoms with E-state index >= 15 is 0 Å². The van der Waals surface area contributed by atoms with Crippen LogP contribution in [0.25, 0.3) is 11.0 Å². The van der Waals surface area contributed by atoms with Crippen molar-refractivity contribution in [3.63, 3.8) is 0 Å². The first-order chi connectivity index (χ1) is 11.9. The van der Waals surface area contributed by atoms with Gasteiger partial charge in [-0.1, -0.05) is 13.8 Å². The largest absolute Gasteiger partial charge is 0.467 e. The standard InChI is InChI=1S/C18H26N4O3/c1-12(2)10-14(18(24)25-4)21-17(23)6-5-9-22-13(3)20-15-11-19-8-7-16(15)22/h7-8,11-12,14H,5-6,9-10H2,1-4H3,(H,21,23)/t14-/m0/s1. The first kappa shape index (κ1) is 18.9. The number of hydrogen-bond donors (Lipinski definition) is 1. The Labute approximate surface area is 147 Å². The number of rotatable bonds is 8. The predicted molar refractivity (Wildman–Crippen MR) is 94.9 cm³/mol. The fourth-order valence-electron chi connectivity index (χ4n) is 2.88. The van der Waals surface area contributed by atoms with Gasteiger partial charge in [0.05, 0.1) is 18.8 Å². The van der Waals surface area contributed by atoms with E-state index in [1.54, 1.807) is 12.4 Å². The zero-order chi connectivity index (χ0) is 18.4. The molecular formula is C18H26N4O3. The Kier molecular flexibility index (Phi) is 6.50. The molecule has 0 saturated carbocycles. The van der Waals surface area contributed by atoms with E-state index in [-0.39, 0.29) is 11.8 Å². The molecule has 0 fully saturated rings. The van der Waals surface area contributed by atoms with Crippen LogP contribution in [0, 0.1) is 12.8 Å². The molecule has 2 heterocycles. The lowest BCUT2D eigenvalue weighted by Crippen LogP contribution is -2.42. The lowest BCUT2D eigenvalue weighted by molar-refractivity contribution is -0.145. The molecule has 0 bridgehead atoms. The first-order valence-corrected chi connectivity index (χ1v) is 8.56. The van der Waals surface area contributed by atoms with E-state index in [1.165, 1.54) is 7.11 Å². The number of ether oxygens (including phenoxy) is 1. The summed E-state index contributed by atoms with van der Waals surface area (Å²) in [5.41, 5.74) is 1.87. The molecular weight excluding hydrogens is 320 g/mol. The highest BCUT2D eigenvalue weighted by atomic mass is 16.5. The van der Waals surface area contributed by atoms with Gasteiger partial charge in [0.25, 0.3) is 0 Å². The van der Waals surface area contributed by atoms with E-state index in [0.29, 0.717) is 25.8 Å². The minimum Gasteiger partial charge on any atom is -0.467 e. The molecule has 1 amide bonds. The van der Waals surface area contributed by atoms with E-state index in [1.807, 2.05) is 26.8 Å². The third kappa shape index (κ3) is 5.01. The van der Waals surface area contributed by atoms with Crippen molar-refractivity contribution in [2.24, 2.45) is 5.92 Å². The van der Waals surface area contributed by atoms with E-state index in [2.05, 4.69) is 19.9 Å². The molecule has 0 aliphatic heterocycles. The van der Waals surface area contributed by atoms with Crippen LogP contribution in [-0.2, 0) is 20.9 Å². The average Bonchev–Trinajstić information content (AvgIpc) is 2.89. The van der Waals surface area contributed by atoms with Gasteiger partial charge in [0.1, 0.15) is 17.4 Å². The molecule has 0 aliphatic carbocycles. The SMILES string of the molecule is COC(=O)[C@H](CC(C)C)NC(=O)CCCn1c(C)nc2cnccc21. The number of imidazole rings is 1. The molecule has 0 radical (unpaired) electrons. The van der Waals surface area contributed by atoms with Gasteiger partial charge < -0.3 is 14.6 Å². The monoisotopic (exact) mass is 346 g/mol. The molecule has 25 heavy (non-hydrogen) atoms. The van der Waals surface area contributed by atoms with Gasteiger partial charge in [0, 0.05) is 19.2 Å². The Morgan fingerprint density at radius 1 is 1.36 bits per heavy atom. The van der Waals surface area contributed by atoms with Crippen molar-refractivity contribution >= 4 is 22.9 Å². The number of aryl methyl sites for hydroxylation is 2. The van der Waals surface area contributed by atoms with Crippen molar-refractivity contribution in [3.05, 3.63) is 24.3 Å². The van der Waals surface area contributed by atoms with E-state index < -0.39 is 12.0 Å². The molecule has 0 unspecified atom stereocenters. The highest BCUT2D eigenvalue weighted by molar-refractivity contribution is 5.84. The van der Waals surface area contributed by atoms with E-state index in [4.69, 9.17) is 4.74 Å². The van der Waals surface area contributed by atoms with E-state index in [9.17, 15) is 9.59 Å². The van der Waals surface area contributed by atoms with Gasteiger partial charge in [-0.05, 0) is 31.7 Å². The second-order valence-corrected chi connectivity index (χ2v) is 6.55. The van der Waals surface area contributed by atoms with Crippen LogP contribution in [0.5, 0.6) is 0 Å². The summed E-state index contributed by atoms with van der Waals surface area (Å²) in [7, 11) is 1.34. The lowest BCUT2D eigenvalue weighted by Gasteiger charge is -2.18. The second kappa shape index (κ2) is 8.60. The number of pyridine rings is 1. The van der Waals surface area contributed by atoms with Gasteiger partial charge in [0.15, 0.2) is 0 Å². The van der Waals surface area contributed by atoms with Crippen LogP contribution in [0.15, 0.2) is 18.5 Å². The number of carbonyl (C=O) groups excluding carboxylic acids is 2. The highest BCUT2D eigenvalue weighted by Gasteiger charge is 2.22. The molecule has 0 spiro atoms. The molecule has 1 N–H and O–H groups in total. The molecule has 136 valence electrons. The first-order valence-electron chi connectivity index (χ1n) is 8.56. The third-order valence-electron chi connectivity index (χ3n) is 4.05. The average molecular weight is 346 g/mol. The molecule has 1 atom stereocenters. The van der Waals surface area contributed by atoms with Crippen molar-refractivity contribution in [2.45, 2.75) is 52.6 Å². The normalized spacial score (nSPS) is 12.4. The summed E-state index contributed by atoms with van der Waals surface area (Å²) in [5.74, 6) is 0.652. The quantitative estimate of drug-likeness (QED) is 0.741. The molecule has 7 heteroatoms. The molecule has 0 aromatic carbocycles. The number of fused-ring (bicyclic) bond motifs is 1. The summed E-state index contributed by atoms with van der Waals surface area (Å²) in [6.07, 6.45) is 5.04. The van der Waals surface area contributed by atoms with E-state index in [0.717, 1.165) is 16.9 Å². The summed E-state index contributed by atoms with van der Waals surface area (Å²) in [4.78, 5) is 32.5. The number of nitrogens with one attached hydrogen (secondary N) is 1. The fourth-order valence-corrected chi connectivity index (χ4v) is 2.88. The molecule has 0 aliphatic rings. The highest BCUT2D eigenvalue weighted by Crippen LogP contribution is 2.15. The lowest BCUT2D eigenvalue weighted by atomic mass is 10.0. The number of esters is 1. The Morgan fingerprint density at radius 3 is 2.80 bits per heavy atom. The Hall–Kier alpha value is -2.44. The van der Waals surface area contributed by atoms with Crippen LogP contribution >= 0.6 is 0 Å². The summed E-state index contributed by atoms with van der Waals surface area (Å²) >= 11 is 0. The number of methoxy groups -OCH3 is 1. The molecule has 2 aromatic heterocycles. The maximum absolute atomic E-state index is 12.2. The summed E-state index contributed by atoms with van der Waals surface area (Å²) in [6.45, 7) is 6.64. The van der Waals surface area contributed by atoms with Gasteiger partial charge in [-0.15, -0.1) is 0 Å². The second-order valence-electron chi connectivity index (χ2n) is 6.55. The van der Waals surface area contributed by atoms with Gasteiger partial charge >= 0.3 is 5.97 Å². The Balaban J connectivity index is 1.90. The summed E-state index contributed by atoms with van der Waals surface area (Å²) in [5, 5.41) is 2.78. The van der Waals surface area contributed by atoms with Crippen molar-refractivity contribution in [3.8, 4) is 0 Å². The Morgan fingerprint density at radius 2 is 2.12 bits per heavy atom. The van der Waals surface area contributed by atoms with Gasteiger partial charge in [-0.25, -0.2) is 9.78 Å². The van der Waals surface area contributed by atoms with Gasteiger partial charge in [-0.3, -0.25) is 9.78 Å². The molecule has 2 aromatic rings. The summed E-state index contributed by atoms with van der Waals surface area (Å²) in [6, 6.07) is 1.34. The van der Waals surface area contributed by atoms with Crippen LogP contribution < -0.4 is 5.32 Å². The minimum atomic E-state index is -0.584. The number of carbonyl (C=O) groups is 2.